The SMILES string of the molecule is CC(C)c1nn(C2C=CC=CC2)c2ncc(C(=O)Nc3ccc(C(F)(F)F)cc3)c(Cl)c12. The second-order valence-electron chi connectivity index (χ2n) is 7.81. The number of allylic oxidation sites excluding steroid dienone is 4. The highest BCUT2D eigenvalue weighted by Gasteiger charge is 2.30. The number of hydrogen-bond acceptors (Lipinski definition) is 3. The molecule has 1 aromatic carbocycles. The quantitative estimate of drug-likeness (QED) is 0.481. The maximum Gasteiger partial charge on any atom is 0.416 e. The Morgan fingerprint density at radius 1 is 1.22 bits per heavy atom. The van der Waals surface area contributed by atoms with E-state index in [1.54, 1.807) is 0 Å². The molecule has 5 nitrogen and oxygen atoms in total. The van der Waals surface area contributed by atoms with Gasteiger partial charge in [-0.15, -0.1) is 0 Å². The van der Waals surface area contributed by atoms with Crippen LogP contribution in [0, 0.1) is 0 Å². The first-order chi connectivity index (χ1) is 15.2. The molecule has 0 fully saturated rings. The number of alkyl halides is 3. The zero-order chi connectivity index (χ0) is 23.0. The highest BCUT2D eigenvalue weighted by molar-refractivity contribution is 6.39. The van der Waals surface area contributed by atoms with Crippen LogP contribution in [0.15, 0.2) is 54.8 Å². The molecule has 166 valence electrons. The van der Waals surface area contributed by atoms with Gasteiger partial charge in [-0.25, -0.2) is 9.67 Å². The van der Waals surface area contributed by atoms with Crippen molar-refractivity contribution in [2.24, 2.45) is 0 Å². The van der Waals surface area contributed by atoms with Gasteiger partial charge in [0.15, 0.2) is 5.65 Å². The van der Waals surface area contributed by atoms with E-state index in [1.165, 1.54) is 18.3 Å². The Bertz CT molecular complexity index is 1230. The van der Waals surface area contributed by atoms with E-state index < -0.39 is 17.6 Å². The summed E-state index contributed by atoms with van der Waals surface area (Å²) in [6, 6.07) is 4.20. The summed E-state index contributed by atoms with van der Waals surface area (Å²) in [6.45, 7) is 3.96. The van der Waals surface area contributed by atoms with Crippen molar-refractivity contribution in [3.05, 3.63) is 76.6 Å². The number of amides is 1. The van der Waals surface area contributed by atoms with Crippen LogP contribution in [-0.2, 0) is 6.18 Å². The topological polar surface area (TPSA) is 59.8 Å². The van der Waals surface area contributed by atoms with Gasteiger partial charge in [-0.3, -0.25) is 4.79 Å². The molecule has 2 heterocycles. The third kappa shape index (κ3) is 4.14. The molecule has 1 amide bonds. The lowest BCUT2D eigenvalue weighted by Gasteiger charge is -2.14. The van der Waals surface area contributed by atoms with Crippen LogP contribution >= 0.6 is 11.6 Å². The number of hydrogen-bond donors (Lipinski definition) is 1. The minimum Gasteiger partial charge on any atom is -0.322 e. The maximum absolute atomic E-state index is 12.8. The van der Waals surface area contributed by atoms with E-state index in [2.05, 4.69) is 10.3 Å². The van der Waals surface area contributed by atoms with Gasteiger partial charge in [0.1, 0.15) is 0 Å². The van der Waals surface area contributed by atoms with E-state index in [0.29, 0.717) is 11.0 Å². The van der Waals surface area contributed by atoms with Crippen LogP contribution in [0.3, 0.4) is 0 Å². The third-order valence-electron chi connectivity index (χ3n) is 5.22. The molecule has 3 aromatic rings. The first-order valence-electron chi connectivity index (χ1n) is 10.1. The number of fused-ring (bicyclic) bond motifs is 1. The molecule has 1 N–H and O–H groups in total. The first-order valence-corrected chi connectivity index (χ1v) is 10.4. The van der Waals surface area contributed by atoms with Gasteiger partial charge in [0.2, 0.25) is 0 Å². The predicted octanol–water partition coefficient (Wildman–Crippen LogP) is 6.54. The number of anilines is 1. The number of benzene rings is 1. The van der Waals surface area contributed by atoms with Crippen molar-refractivity contribution in [2.75, 3.05) is 5.32 Å². The number of rotatable bonds is 4. The van der Waals surface area contributed by atoms with E-state index in [4.69, 9.17) is 16.7 Å². The van der Waals surface area contributed by atoms with Gasteiger partial charge >= 0.3 is 6.18 Å². The van der Waals surface area contributed by atoms with Gasteiger partial charge in [-0.1, -0.05) is 49.8 Å². The van der Waals surface area contributed by atoms with Gasteiger partial charge in [-0.05, 0) is 36.6 Å². The molecule has 0 saturated carbocycles. The van der Waals surface area contributed by atoms with E-state index in [-0.39, 0.29) is 28.2 Å². The molecular formula is C23H20ClF3N4O. The second-order valence-corrected chi connectivity index (χ2v) is 8.19. The van der Waals surface area contributed by atoms with E-state index in [0.717, 1.165) is 24.2 Å². The van der Waals surface area contributed by atoms with Gasteiger partial charge in [-0.2, -0.15) is 18.3 Å². The van der Waals surface area contributed by atoms with Crippen molar-refractivity contribution < 1.29 is 18.0 Å². The second kappa shape index (κ2) is 8.43. The third-order valence-corrected chi connectivity index (χ3v) is 5.61. The summed E-state index contributed by atoms with van der Waals surface area (Å²) in [5.74, 6) is -0.526. The largest absolute Gasteiger partial charge is 0.416 e. The normalized spacial score (nSPS) is 16.2. The number of carbonyl (C=O) groups is 1. The molecule has 0 radical (unpaired) electrons. The molecule has 1 aliphatic carbocycles. The smallest absolute Gasteiger partial charge is 0.322 e. The Kier molecular flexibility index (Phi) is 5.81. The molecule has 0 spiro atoms. The highest BCUT2D eigenvalue weighted by Crippen LogP contribution is 2.35. The molecular weight excluding hydrogens is 441 g/mol. The Labute approximate surface area is 187 Å². The van der Waals surface area contributed by atoms with Crippen LogP contribution in [-0.4, -0.2) is 20.7 Å². The lowest BCUT2D eigenvalue weighted by Crippen LogP contribution is -2.14. The Hall–Kier alpha value is -3.13. The summed E-state index contributed by atoms with van der Waals surface area (Å²) in [5, 5.41) is 8.13. The fraction of sp³-hybridized carbons (Fsp3) is 0.261. The average molecular weight is 461 g/mol. The van der Waals surface area contributed by atoms with Gasteiger partial charge < -0.3 is 5.32 Å². The van der Waals surface area contributed by atoms with E-state index in [1.807, 2.05) is 42.8 Å². The monoisotopic (exact) mass is 460 g/mol. The lowest BCUT2D eigenvalue weighted by molar-refractivity contribution is -0.137. The number of nitrogens with one attached hydrogen (secondary N) is 1. The van der Waals surface area contributed by atoms with Crippen LogP contribution < -0.4 is 5.32 Å². The summed E-state index contributed by atoms with van der Waals surface area (Å²) in [4.78, 5) is 17.3. The van der Waals surface area contributed by atoms with Crippen molar-refractivity contribution in [2.45, 2.75) is 38.4 Å². The maximum atomic E-state index is 12.8. The summed E-state index contributed by atoms with van der Waals surface area (Å²) in [5.41, 5.74) is 0.856. The Morgan fingerprint density at radius 2 is 1.94 bits per heavy atom. The van der Waals surface area contributed by atoms with Crippen molar-refractivity contribution in [1.82, 2.24) is 14.8 Å². The molecule has 32 heavy (non-hydrogen) atoms. The van der Waals surface area contributed by atoms with Crippen LogP contribution in [0.4, 0.5) is 18.9 Å². The summed E-state index contributed by atoms with van der Waals surface area (Å²) in [7, 11) is 0. The minimum absolute atomic E-state index is 0.00890. The zero-order valence-electron chi connectivity index (χ0n) is 17.3. The molecule has 1 unspecified atom stereocenters. The molecule has 0 bridgehead atoms. The fourth-order valence-corrected chi connectivity index (χ4v) is 3.89. The van der Waals surface area contributed by atoms with Gasteiger partial charge in [0, 0.05) is 11.9 Å². The molecule has 0 aliphatic heterocycles. The summed E-state index contributed by atoms with van der Waals surface area (Å²) < 4.78 is 40.1. The van der Waals surface area contributed by atoms with Crippen molar-refractivity contribution in [3.63, 3.8) is 0 Å². The fourth-order valence-electron chi connectivity index (χ4n) is 3.58. The predicted molar refractivity (Wildman–Crippen MR) is 118 cm³/mol. The van der Waals surface area contributed by atoms with Crippen LogP contribution in [0.1, 0.15) is 53.8 Å². The van der Waals surface area contributed by atoms with E-state index in [9.17, 15) is 18.0 Å². The number of halogens is 4. The average Bonchev–Trinajstić information content (AvgIpc) is 3.15. The lowest BCUT2D eigenvalue weighted by atomic mass is 10.1. The first kappa shape index (κ1) is 22.1. The van der Waals surface area contributed by atoms with Gasteiger partial charge in [0.25, 0.3) is 5.91 Å². The number of nitrogens with zero attached hydrogens (tertiary/aromatic N) is 3. The van der Waals surface area contributed by atoms with Gasteiger partial charge in [0.05, 0.1) is 33.3 Å². The van der Waals surface area contributed by atoms with Crippen LogP contribution in [0.25, 0.3) is 11.0 Å². The Morgan fingerprint density at radius 3 is 2.53 bits per heavy atom. The van der Waals surface area contributed by atoms with Crippen molar-refractivity contribution in [1.29, 1.82) is 0 Å². The molecule has 4 rings (SSSR count). The van der Waals surface area contributed by atoms with Crippen LogP contribution in [0.5, 0.6) is 0 Å². The Balaban J connectivity index is 1.70. The molecule has 0 saturated heterocycles. The molecule has 1 atom stereocenters. The number of aromatic nitrogens is 3. The molecule has 2 aromatic heterocycles. The van der Waals surface area contributed by atoms with Crippen molar-refractivity contribution in [3.8, 4) is 0 Å². The number of pyridine rings is 1. The highest BCUT2D eigenvalue weighted by atomic mass is 35.5. The molecule has 1 aliphatic rings. The number of carbonyl (C=O) groups excluding carboxylic acids is 1. The zero-order valence-corrected chi connectivity index (χ0v) is 18.1. The summed E-state index contributed by atoms with van der Waals surface area (Å²) >= 11 is 6.65. The standard InChI is InChI=1S/C23H20ClF3N4O/c1-13(2)20-18-19(24)17(12-28-21(18)31(30-20)16-6-4-3-5-7-16)22(32)29-15-10-8-14(9-11-15)23(25,26)27/h3-6,8-13,16H,7H2,1-2H3,(H,29,32). The summed E-state index contributed by atoms with van der Waals surface area (Å²) in [6.07, 6.45) is 5.67. The van der Waals surface area contributed by atoms with Crippen LogP contribution in [0.2, 0.25) is 5.02 Å². The molecule has 9 heteroatoms. The van der Waals surface area contributed by atoms with Crippen molar-refractivity contribution >= 4 is 34.2 Å². The minimum atomic E-state index is -4.45. The van der Waals surface area contributed by atoms with E-state index >= 15 is 0 Å².